The van der Waals surface area contributed by atoms with Crippen LogP contribution in [0.15, 0.2) is 48.5 Å². The van der Waals surface area contributed by atoms with Gasteiger partial charge in [-0.1, -0.05) is 6.07 Å². The maximum absolute atomic E-state index is 5.66. The van der Waals surface area contributed by atoms with Gasteiger partial charge < -0.3 is 25.7 Å². The highest BCUT2D eigenvalue weighted by atomic mass is 16.5. The SMILES string of the molecule is Nc1ccc(OCCOCCOc2cccc(N)c2)cc1. The van der Waals surface area contributed by atoms with Crippen LogP contribution in [-0.2, 0) is 4.74 Å². The summed E-state index contributed by atoms with van der Waals surface area (Å²) in [4.78, 5) is 0. The quantitative estimate of drug-likeness (QED) is 0.575. The van der Waals surface area contributed by atoms with Gasteiger partial charge in [-0.2, -0.15) is 0 Å². The van der Waals surface area contributed by atoms with Crippen LogP contribution in [0.25, 0.3) is 0 Å². The van der Waals surface area contributed by atoms with Crippen LogP contribution in [0.5, 0.6) is 11.5 Å². The van der Waals surface area contributed by atoms with E-state index in [1.54, 1.807) is 18.2 Å². The van der Waals surface area contributed by atoms with Crippen LogP contribution in [0, 0.1) is 0 Å². The zero-order valence-corrected chi connectivity index (χ0v) is 11.8. The first-order valence-electron chi connectivity index (χ1n) is 6.78. The molecule has 2 aromatic rings. The second-order valence-electron chi connectivity index (χ2n) is 4.45. The summed E-state index contributed by atoms with van der Waals surface area (Å²) in [5.41, 5.74) is 12.7. The summed E-state index contributed by atoms with van der Waals surface area (Å²) in [5, 5.41) is 0. The van der Waals surface area contributed by atoms with Gasteiger partial charge in [0.15, 0.2) is 0 Å². The van der Waals surface area contributed by atoms with Crippen molar-refractivity contribution in [3.63, 3.8) is 0 Å². The Morgan fingerprint density at radius 2 is 1.33 bits per heavy atom. The van der Waals surface area contributed by atoms with Crippen molar-refractivity contribution in [1.82, 2.24) is 0 Å². The largest absolute Gasteiger partial charge is 0.491 e. The molecule has 5 heteroatoms. The standard InChI is InChI=1S/C16H20N2O3/c17-13-4-6-15(7-5-13)20-10-8-19-9-11-21-16-3-1-2-14(18)12-16/h1-7,12H,8-11,17-18H2. The zero-order chi connectivity index (χ0) is 14.9. The van der Waals surface area contributed by atoms with E-state index >= 15 is 0 Å². The van der Waals surface area contributed by atoms with Gasteiger partial charge >= 0.3 is 0 Å². The highest BCUT2D eigenvalue weighted by Crippen LogP contribution is 2.14. The molecular formula is C16H20N2O3. The molecule has 0 heterocycles. The van der Waals surface area contributed by atoms with Crippen molar-refractivity contribution in [2.45, 2.75) is 0 Å². The Morgan fingerprint density at radius 3 is 2.00 bits per heavy atom. The van der Waals surface area contributed by atoms with Crippen molar-refractivity contribution in [2.75, 3.05) is 37.9 Å². The molecule has 0 saturated carbocycles. The molecule has 0 bridgehead atoms. The molecule has 112 valence electrons. The van der Waals surface area contributed by atoms with Crippen LogP contribution in [-0.4, -0.2) is 26.4 Å². The van der Waals surface area contributed by atoms with E-state index in [4.69, 9.17) is 25.7 Å². The number of anilines is 2. The van der Waals surface area contributed by atoms with Crippen molar-refractivity contribution in [3.8, 4) is 11.5 Å². The number of rotatable bonds is 8. The number of benzene rings is 2. The molecular weight excluding hydrogens is 268 g/mol. The van der Waals surface area contributed by atoms with E-state index in [1.807, 2.05) is 30.3 Å². The fraction of sp³-hybridized carbons (Fsp3) is 0.250. The molecule has 0 atom stereocenters. The predicted octanol–water partition coefficient (Wildman–Crippen LogP) is 2.33. The highest BCUT2D eigenvalue weighted by molar-refractivity contribution is 5.43. The van der Waals surface area contributed by atoms with Crippen LogP contribution in [0.1, 0.15) is 0 Å². The minimum Gasteiger partial charge on any atom is -0.491 e. The third-order valence-electron chi connectivity index (χ3n) is 2.73. The summed E-state index contributed by atoms with van der Waals surface area (Å²) in [6, 6.07) is 14.6. The van der Waals surface area contributed by atoms with E-state index in [0.717, 1.165) is 17.2 Å². The molecule has 0 spiro atoms. The Balaban J connectivity index is 1.53. The molecule has 0 aliphatic rings. The van der Waals surface area contributed by atoms with Gasteiger partial charge in [0.05, 0.1) is 13.2 Å². The van der Waals surface area contributed by atoms with Gasteiger partial charge in [0.25, 0.3) is 0 Å². The molecule has 0 amide bonds. The zero-order valence-electron chi connectivity index (χ0n) is 11.8. The van der Waals surface area contributed by atoms with E-state index in [-0.39, 0.29) is 0 Å². The van der Waals surface area contributed by atoms with Crippen molar-refractivity contribution >= 4 is 11.4 Å². The van der Waals surface area contributed by atoms with Gasteiger partial charge in [0.2, 0.25) is 0 Å². The van der Waals surface area contributed by atoms with E-state index in [9.17, 15) is 0 Å². The predicted molar refractivity (Wildman–Crippen MR) is 83.5 cm³/mol. The van der Waals surface area contributed by atoms with E-state index in [2.05, 4.69) is 0 Å². The van der Waals surface area contributed by atoms with Crippen LogP contribution in [0.3, 0.4) is 0 Å². The smallest absolute Gasteiger partial charge is 0.121 e. The maximum Gasteiger partial charge on any atom is 0.121 e. The van der Waals surface area contributed by atoms with Crippen molar-refractivity contribution in [1.29, 1.82) is 0 Å². The number of nitrogen functional groups attached to an aromatic ring is 2. The Kier molecular flexibility index (Phi) is 5.72. The summed E-state index contributed by atoms with van der Waals surface area (Å²) >= 11 is 0. The molecule has 0 fully saturated rings. The van der Waals surface area contributed by atoms with Gasteiger partial charge in [0, 0.05) is 17.4 Å². The minimum atomic E-state index is 0.478. The fourth-order valence-electron chi connectivity index (χ4n) is 1.71. The number of ether oxygens (including phenoxy) is 3. The minimum absolute atomic E-state index is 0.478. The Labute approximate surface area is 124 Å². The molecule has 0 aliphatic heterocycles. The maximum atomic E-state index is 5.66. The highest BCUT2D eigenvalue weighted by Gasteiger charge is 1.96. The lowest BCUT2D eigenvalue weighted by molar-refractivity contribution is 0.0764. The molecule has 0 aromatic heterocycles. The second-order valence-corrected chi connectivity index (χ2v) is 4.45. The topological polar surface area (TPSA) is 79.7 Å². The van der Waals surface area contributed by atoms with Crippen LogP contribution in [0.2, 0.25) is 0 Å². The summed E-state index contributed by atoms with van der Waals surface area (Å²) in [6.07, 6.45) is 0. The molecule has 4 N–H and O–H groups in total. The lowest BCUT2D eigenvalue weighted by Gasteiger charge is -2.09. The normalized spacial score (nSPS) is 10.3. The fourth-order valence-corrected chi connectivity index (χ4v) is 1.71. The number of hydrogen-bond donors (Lipinski definition) is 2. The van der Waals surface area contributed by atoms with Crippen molar-refractivity contribution in [3.05, 3.63) is 48.5 Å². The first-order chi connectivity index (χ1) is 10.2. The lowest BCUT2D eigenvalue weighted by Crippen LogP contribution is -2.12. The molecule has 0 aliphatic carbocycles. The molecule has 21 heavy (non-hydrogen) atoms. The third kappa shape index (κ3) is 5.62. The molecule has 2 rings (SSSR count). The molecule has 2 aromatic carbocycles. The molecule has 0 radical (unpaired) electrons. The van der Waals surface area contributed by atoms with Crippen molar-refractivity contribution < 1.29 is 14.2 Å². The van der Waals surface area contributed by atoms with E-state index in [1.165, 1.54) is 0 Å². The van der Waals surface area contributed by atoms with Gasteiger partial charge in [-0.15, -0.1) is 0 Å². The van der Waals surface area contributed by atoms with Gasteiger partial charge in [-0.25, -0.2) is 0 Å². The van der Waals surface area contributed by atoms with E-state index < -0.39 is 0 Å². The van der Waals surface area contributed by atoms with Crippen LogP contribution < -0.4 is 20.9 Å². The van der Waals surface area contributed by atoms with Crippen LogP contribution >= 0.6 is 0 Å². The number of nitrogens with two attached hydrogens (primary N) is 2. The summed E-state index contributed by atoms with van der Waals surface area (Å²) < 4.78 is 16.4. The Bertz CT molecular complexity index is 543. The van der Waals surface area contributed by atoms with Gasteiger partial charge in [0.1, 0.15) is 24.7 Å². The molecule has 0 unspecified atom stereocenters. The lowest BCUT2D eigenvalue weighted by atomic mass is 10.3. The van der Waals surface area contributed by atoms with Gasteiger partial charge in [-0.05, 0) is 36.4 Å². The molecule has 0 saturated heterocycles. The number of hydrogen-bond acceptors (Lipinski definition) is 5. The first kappa shape index (κ1) is 15.0. The summed E-state index contributed by atoms with van der Waals surface area (Å²) in [6.45, 7) is 1.97. The first-order valence-corrected chi connectivity index (χ1v) is 6.78. The van der Waals surface area contributed by atoms with Crippen LogP contribution in [0.4, 0.5) is 11.4 Å². The third-order valence-corrected chi connectivity index (χ3v) is 2.73. The summed E-state index contributed by atoms with van der Waals surface area (Å²) in [5.74, 6) is 1.53. The average molecular weight is 288 g/mol. The Morgan fingerprint density at radius 1 is 0.667 bits per heavy atom. The van der Waals surface area contributed by atoms with Gasteiger partial charge in [-0.3, -0.25) is 0 Å². The second kappa shape index (κ2) is 8.01. The molecule has 5 nitrogen and oxygen atoms in total. The van der Waals surface area contributed by atoms with Crippen molar-refractivity contribution in [2.24, 2.45) is 0 Å². The summed E-state index contributed by atoms with van der Waals surface area (Å²) in [7, 11) is 0. The van der Waals surface area contributed by atoms with E-state index in [0.29, 0.717) is 32.1 Å². The monoisotopic (exact) mass is 288 g/mol. The Hall–Kier alpha value is -2.40. The average Bonchev–Trinajstić information content (AvgIpc) is 2.48.